The van der Waals surface area contributed by atoms with Crippen molar-refractivity contribution in [2.75, 3.05) is 11.4 Å². The van der Waals surface area contributed by atoms with E-state index in [0.29, 0.717) is 12.1 Å². The summed E-state index contributed by atoms with van der Waals surface area (Å²) in [7, 11) is 0. The van der Waals surface area contributed by atoms with Crippen molar-refractivity contribution in [3.63, 3.8) is 0 Å². The quantitative estimate of drug-likeness (QED) is 0.510. The molecule has 1 N–H and O–H groups in total. The van der Waals surface area contributed by atoms with E-state index in [2.05, 4.69) is 0 Å². The Bertz CT molecular complexity index is 631. The van der Waals surface area contributed by atoms with Gasteiger partial charge in [-0.15, -0.1) is 0 Å². The molecule has 0 spiro atoms. The van der Waals surface area contributed by atoms with Crippen molar-refractivity contribution in [1.82, 2.24) is 0 Å². The van der Waals surface area contributed by atoms with Crippen LogP contribution in [0.2, 0.25) is 0 Å². The van der Waals surface area contributed by atoms with Gasteiger partial charge in [-0.1, -0.05) is 0 Å². The van der Waals surface area contributed by atoms with Gasteiger partial charge in [0.2, 0.25) is 0 Å². The van der Waals surface area contributed by atoms with E-state index in [1.54, 1.807) is 0 Å². The minimum atomic E-state index is -5.03. The number of benzene rings is 1. The van der Waals surface area contributed by atoms with E-state index in [-0.39, 0.29) is 25.1 Å². The molecule has 134 valence electrons. The van der Waals surface area contributed by atoms with Crippen LogP contribution in [0.25, 0.3) is 0 Å². The maximum atomic E-state index is 13.0. The van der Waals surface area contributed by atoms with Gasteiger partial charge in [0.1, 0.15) is 5.56 Å². The lowest BCUT2D eigenvalue weighted by molar-refractivity contribution is -0.388. The van der Waals surface area contributed by atoms with Crippen LogP contribution < -0.4 is 4.90 Å². The normalized spacial score (nSPS) is 20.3. The second kappa shape index (κ2) is 6.11. The van der Waals surface area contributed by atoms with E-state index in [1.165, 1.54) is 0 Å². The third-order valence-electron chi connectivity index (χ3n) is 3.81. The van der Waals surface area contributed by atoms with Gasteiger partial charge in [-0.3, -0.25) is 10.1 Å². The van der Waals surface area contributed by atoms with Gasteiger partial charge in [0.15, 0.2) is 6.10 Å². The minimum Gasteiger partial charge on any atom is -0.382 e. The maximum absolute atomic E-state index is 13.0. The summed E-state index contributed by atoms with van der Waals surface area (Å²) >= 11 is 0. The zero-order valence-electron chi connectivity index (χ0n) is 11.9. The standard InChI is InChI=1S/C13H12F6N2O3/c14-12(15,16)8-6-7(3-4-9(8)21(23)24)20-5-1-2-10(20)11(22)13(17,18)19/h3-4,6,10-11,22H,1-2,5H2. The average molecular weight is 358 g/mol. The van der Waals surface area contributed by atoms with Gasteiger partial charge in [-0.05, 0) is 25.0 Å². The number of aliphatic hydroxyl groups is 1. The first-order chi connectivity index (χ1) is 10.9. The molecule has 2 atom stereocenters. The summed E-state index contributed by atoms with van der Waals surface area (Å²) in [6.07, 6.45) is -12.5. The Morgan fingerprint density at radius 2 is 1.88 bits per heavy atom. The molecule has 1 saturated heterocycles. The van der Waals surface area contributed by atoms with Crippen molar-refractivity contribution in [3.8, 4) is 0 Å². The lowest BCUT2D eigenvalue weighted by atomic mass is 10.1. The first-order valence-electron chi connectivity index (χ1n) is 6.80. The Labute approximate surface area is 131 Å². The molecule has 1 aliphatic rings. The molecule has 1 heterocycles. The van der Waals surface area contributed by atoms with Gasteiger partial charge in [-0.25, -0.2) is 0 Å². The number of alkyl halides is 6. The molecule has 1 fully saturated rings. The molecule has 24 heavy (non-hydrogen) atoms. The lowest BCUT2D eigenvalue weighted by Crippen LogP contribution is -2.47. The average Bonchev–Trinajstić information content (AvgIpc) is 2.92. The first kappa shape index (κ1) is 18.3. The summed E-state index contributed by atoms with van der Waals surface area (Å²) in [6, 6.07) is 0.564. The summed E-state index contributed by atoms with van der Waals surface area (Å²) in [5.74, 6) is 0. The molecule has 0 amide bonds. The van der Waals surface area contributed by atoms with Crippen LogP contribution >= 0.6 is 0 Å². The monoisotopic (exact) mass is 358 g/mol. The SMILES string of the molecule is O=[N+]([O-])c1ccc(N2CCCC2C(O)C(F)(F)F)cc1C(F)(F)F. The number of nitro groups is 1. The molecule has 1 aromatic rings. The van der Waals surface area contributed by atoms with Gasteiger partial charge < -0.3 is 10.0 Å². The zero-order valence-corrected chi connectivity index (χ0v) is 11.9. The molecule has 1 aromatic carbocycles. The number of anilines is 1. The predicted octanol–water partition coefficient (Wildman–Crippen LogP) is 3.51. The first-order valence-corrected chi connectivity index (χ1v) is 6.80. The Balaban J connectivity index is 2.43. The highest BCUT2D eigenvalue weighted by molar-refractivity contribution is 5.58. The summed E-state index contributed by atoms with van der Waals surface area (Å²) in [5.41, 5.74) is -2.98. The van der Waals surface area contributed by atoms with E-state index in [0.717, 1.165) is 11.0 Å². The number of nitro benzene ring substituents is 1. The van der Waals surface area contributed by atoms with E-state index in [4.69, 9.17) is 0 Å². The fourth-order valence-corrected chi connectivity index (χ4v) is 2.75. The molecule has 5 nitrogen and oxygen atoms in total. The third kappa shape index (κ3) is 3.55. The molecular formula is C13H12F6N2O3. The maximum Gasteiger partial charge on any atom is 0.423 e. The van der Waals surface area contributed by atoms with Crippen molar-refractivity contribution < 1.29 is 36.4 Å². The Kier molecular flexibility index (Phi) is 4.66. The van der Waals surface area contributed by atoms with E-state index in [1.807, 2.05) is 0 Å². The summed E-state index contributed by atoms with van der Waals surface area (Å²) in [4.78, 5) is 10.5. The van der Waals surface area contributed by atoms with Gasteiger partial charge in [-0.2, -0.15) is 26.3 Å². The van der Waals surface area contributed by atoms with Crippen molar-refractivity contribution in [3.05, 3.63) is 33.9 Å². The van der Waals surface area contributed by atoms with Crippen LogP contribution in [0.5, 0.6) is 0 Å². The van der Waals surface area contributed by atoms with Crippen LogP contribution in [-0.2, 0) is 6.18 Å². The lowest BCUT2D eigenvalue weighted by Gasteiger charge is -2.31. The van der Waals surface area contributed by atoms with Gasteiger partial charge in [0.25, 0.3) is 5.69 Å². The van der Waals surface area contributed by atoms with E-state index in [9.17, 15) is 41.6 Å². The fraction of sp³-hybridized carbons (Fsp3) is 0.538. The second-order valence-electron chi connectivity index (χ2n) is 5.35. The van der Waals surface area contributed by atoms with Crippen molar-refractivity contribution in [1.29, 1.82) is 0 Å². The predicted molar refractivity (Wildman–Crippen MR) is 70.5 cm³/mol. The number of nitrogens with zero attached hydrogens (tertiary/aromatic N) is 2. The van der Waals surface area contributed by atoms with Crippen molar-refractivity contribution in [2.24, 2.45) is 0 Å². The van der Waals surface area contributed by atoms with Crippen molar-refractivity contribution >= 4 is 11.4 Å². The number of hydrogen-bond donors (Lipinski definition) is 1. The Morgan fingerprint density at radius 1 is 1.25 bits per heavy atom. The third-order valence-corrected chi connectivity index (χ3v) is 3.81. The highest BCUT2D eigenvalue weighted by Gasteiger charge is 2.47. The molecule has 0 aliphatic carbocycles. The van der Waals surface area contributed by atoms with Crippen LogP contribution in [0.3, 0.4) is 0 Å². The zero-order chi connectivity index (χ0) is 18.3. The molecule has 0 bridgehead atoms. The fourth-order valence-electron chi connectivity index (χ4n) is 2.75. The highest BCUT2D eigenvalue weighted by atomic mass is 19.4. The number of rotatable bonds is 3. The Morgan fingerprint density at radius 3 is 2.38 bits per heavy atom. The highest BCUT2D eigenvalue weighted by Crippen LogP contribution is 2.40. The molecule has 2 rings (SSSR count). The second-order valence-corrected chi connectivity index (χ2v) is 5.35. The van der Waals surface area contributed by atoms with Crippen molar-refractivity contribution in [2.45, 2.75) is 37.3 Å². The molecular weight excluding hydrogens is 346 g/mol. The Hall–Kier alpha value is -2.04. The van der Waals surface area contributed by atoms with E-state index >= 15 is 0 Å². The van der Waals surface area contributed by atoms with Gasteiger partial charge in [0, 0.05) is 18.3 Å². The number of hydrogen-bond acceptors (Lipinski definition) is 4. The van der Waals surface area contributed by atoms with Gasteiger partial charge >= 0.3 is 12.4 Å². The summed E-state index contributed by atoms with van der Waals surface area (Å²) in [5, 5.41) is 20.1. The smallest absolute Gasteiger partial charge is 0.382 e. The van der Waals surface area contributed by atoms with Crippen LogP contribution in [0.1, 0.15) is 18.4 Å². The summed E-state index contributed by atoms with van der Waals surface area (Å²) < 4.78 is 77.0. The summed E-state index contributed by atoms with van der Waals surface area (Å²) in [6.45, 7) is 0.00686. The number of aliphatic hydroxyl groups excluding tert-OH is 1. The van der Waals surface area contributed by atoms with Crippen LogP contribution in [0.15, 0.2) is 18.2 Å². The molecule has 11 heteroatoms. The van der Waals surface area contributed by atoms with E-state index < -0.39 is 40.7 Å². The molecule has 0 radical (unpaired) electrons. The minimum absolute atomic E-state index is 0.00686. The number of halogens is 6. The topological polar surface area (TPSA) is 66.6 Å². The van der Waals surface area contributed by atoms with Crippen LogP contribution in [0, 0.1) is 10.1 Å². The molecule has 2 unspecified atom stereocenters. The molecule has 1 aliphatic heterocycles. The molecule has 0 saturated carbocycles. The largest absolute Gasteiger partial charge is 0.423 e. The molecule has 0 aromatic heterocycles. The van der Waals surface area contributed by atoms with Crippen LogP contribution in [0.4, 0.5) is 37.7 Å². The van der Waals surface area contributed by atoms with Gasteiger partial charge in [0.05, 0.1) is 11.0 Å². The van der Waals surface area contributed by atoms with Crippen LogP contribution in [-0.4, -0.2) is 34.9 Å².